The second-order valence-electron chi connectivity index (χ2n) is 5.20. The Balaban J connectivity index is 0.00000147. The highest BCUT2D eigenvalue weighted by molar-refractivity contribution is 5.99. The largest absolute Gasteiger partial charge is 0.361 e. The molecule has 3 N–H and O–H groups in total. The van der Waals surface area contributed by atoms with Gasteiger partial charge in [-0.05, 0) is 50.1 Å². The number of aromatic amines is 1. The Morgan fingerprint density at radius 3 is 2.95 bits per heavy atom. The summed E-state index contributed by atoms with van der Waals surface area (Å²) in [5.41, 5.74) is 1.56. The summed E-state index contributed by atoms with van der Waals surface area (Å²) >= 11 is 0. The summed E-state index contributed by atoms with van der Waals surface area (Å²) in [6.45, 7) is 2.99. The second kappa shape index (κ2) is 5.85. The summed E-state index contributed by atoms with van der Waals surface area (Å²) in [7, 11) is 0. The van der Waals surface area contributed by atoms with Gasteiger partial charge < -0.3 is 15.6 Å². The van der Waals surface area contributed by atoms with Crippen LogP contribution < -0.4 is 10.6 Å². The molecule has 0 saturated carbocycles. The Hall–Kier alpha value is -1.52. The van der Waals surface area contributed by atoms with Crippen LogP contribution in [0.15, 0.2) is 30.5 Å². The molecule has 5 heteroatoms. The van der Waals surface area contributed by atoms with Gasteiger partial charge in [-0.1, -0.05) is 6.92 Å². The first kappa shape index (κ1) is 14.9. The van der Waals surface area contributed by atoms with Crippen molar-refractivity contribution >= 4 is 34.9 Å². The van der Waals surface area contributed by atoms with Crippen LogP contribution in [-0.2, 0) is 4.79 Å². The minimum Gasteiger partial charge on any atom is -0.361 e. The van der Waals surface area contributed by atoms with E-state index in [9.17, 15) is 4.79 Å². The SMILES string of the molecule is CCC1(C(=O)Nc2ccc3[nH]ccc3c2)CCCN1.Cl. The molecule has 3 rings (SSSR count). The molecule has 108 valence electrons. The predicted molar refractivity (Wildman–Crippen MR) is 84.4 cm³/mol. The van der Waals surface area contributed by atoms with E-state index in [0.717, 1.165) is 42.4 Å². The molecule has 1 unspecified atom stereocenters. The van der Waals surface area contributed by atoms with Crippen LogP contribution in [-0.4, -0.2) is 23.0 Å². The molecule has 0 radical (unpaired) electrons. The Morgan fingerprint density at radius 1 is 1.40 bits per heavy atom. The predicted octanol–water partition coefficient (Wildman–Crippen LogP) is 3.06. The molecule has 1 aliphatic heterocycles. The van der Waals surface area contributed by atoms with E-state index in [1.807, 2.05) is 30.5 Å². The maximum Gasteiger partial charge on any atom is 0.244 e. The number of nitrogens with one attached hydrogen (secondary N) is 3. The third-order valence-electron chi connectivity index (χ3n) is 4.09. The van der Waals surface area contributed by atoms with E-state index < -0.39 is 0 Å². The monoisotopic (exact) mass is 293 g/mol. The molecule has 20 heavy (non-hydrogen) atoms. The fourth-order valence-electron chi connectivity index (χ4n) is 2.84. The van der Waals surface area contributed by atoms with E-state index in [0.29, 0.717) is 0 Å². The van der Waals surface area contributed by atoms with E-state index in [-0.39, 0.29) is 23.9 Å². The van der Waals surface area contributed by atoms with Crippen LogP contribution in [0.4, 0.5) is 5.69 Å². The standard InChI is InChI=1S/C15H19N3O.ClH/c1-2-15(7-3-8-17-15)14(19)18-12-4-5-13-11(10-12)6-9-16-13;/h4-6,9-10,16-17H,2-3,7-8H2,1H3,(H,18,19);1H. The Bertz CT molecular complexity index is 602. The number of rotatable bonds is 3. The van der Waals surface area contributed by atoms with Gasteiger partial charge in [0.1, 0.15) is 0 Å². The summed E-state index contributed by atoms with van der Waals surface area (Å²) in [6.07, 6.45) is 4.72. The van der Waals surface area contributed by atoms with Gasteiger partial charge in [0.2, 0.25) is 5.91 Å². The summed E-state index contributed by atoms with van der Waals surface area (Å²) in [6, 6.07) is 7.94. The first-order valence-corrected chi connectivity index (χ1v) is 6.87. The number of carbonyl (C=O) groups is 1. The van der Waals surface area contributed by atoms with Crippen molar-refractivity contribution in [3.05, 3.63) is 30.5 Å². The van der Waals surface area contributed by atoms with Crippen LogP contribution in [0.3, 0.4) is 0 Å². The summed E-state index contributed by atoms with van der Waals surface area (Å²) in [4.78, 5) is 15.6. The maximum absolute atomic E-state index is 12.5. The minimum atomic E-state index is -0.382. The number of aromatic nitrogens is 1. The molecular formula is C15H20ClN3O. The van der Waals surface area contributed by atoms with Gasteiger partial charge in [-0.25, -0.2) is 0 Å². The lowest BCUT2D eigenvalue weighted by Crippen LogP contribution is -2.50. The zero-order chi connectivity index (χ0) is 13.3. The molecule has 1 atom stereocenters. The highest BCUT2D eigenvalue weighted by atomic mass is 35.5. The quantitative estimate of drug-likeness (QED) is 0.814. The first-order valence-electron chi connectivity index (χ1n) is 6.87. The van der Waals surface area contributed by atoms with Crippen molar-refractivity contribution in [1.29, 1.82) is 0 Å². The van der Waals surface area contributed by atoms with Crippen molar-refractivity contribution in [3.8, 4) is 0 Å². The first-order chi connectivity index (χ1) is 9.23. The van der Waals surface area contributed by atoms with Crippen molar-refractivity contribution in [2.45, 2.75) is 31.7 Å². The zero-order valence-electron chi connectivity index (χ0n) is 11.5. The van der Waals surface area contributed by atoms with Gasteiger partial charge in [-0.2, -0.15) is 0 Å². The molecule has 0 spiro atoms. The molecule has 1 amide bonds. The Kier molecular flexibility index (Phi) is 4.35. The second-order valence-corrected chi connectivity index (χ2v) is 5.20. The maximum atomic E-state index is 12.5. The number of hydrogen-bond acceptors (Lipinski definition) is 2. The number of anilines is 1. The molecule has 1 fully saturated rings. The van der Waals surface area contributed by atoms with E-state index in [1.54, 1.807) is 0 Å². The molecule has 0 aliphatic carbocycles. The number of hydrogen-bond donors (Lipinski definition) is 3. The van der Waals surface area contributed by atoms with E-state index >= 15 is 0 Å². The lowest BCUT2D eigenvalue weighted by molar-refractivity contribution is -0.122. The van der Waals surface area contributed by atoms with E-state index in [2.05, 4.69) is 22.5 Å². The van der Waals surface area contributed by atoms with Gasteiger partial charge in [-0.3, -0.25) is 4.79 Å². The molecule has 2 aromatic rings. The molecule has 2 heterocycles. The van der Waals surface area contributed by atoms with Crippen molar-refractivity contribution in [3.63, 3.8) is 0 Å². The number of H-pyrrole nitrogens is 1. The number of halogens is 1. The lowest BCUT2D eigenvalue weighted by Gasteiger charge is -2.26. The van der Waals surface area contributed by atoms with Crippen LogP contribution in [0, 0.1) is 0 Å². The van der Waals surface area contributed by atoms with Crippen molar-refractivity contribution in [1.82, 2.24) is 10.3 Å². The van der Waals surface area contributed by atoms with Crippen molar-refractivity contribution < 1.29 is 4.79 Å². The van der Waals surface area contributed by atoms with E-state index in [4.69, 9.17) is 0 Å². The van der Waals surface area contributed by atoms with Crippen molar-refractivity contribution in [2.24, 2.45) is 0 Å². The zero-order valence-corrected chi connectivity index (χ0v) is 12.3. The minimum absolute atomic E-state index is 0. The van der Waals surface area contributed by atoms with Gasteiger partial charge in [0.05, 0.1) is 5.54 Å². The van der Waals surface area contributed by atoms with E-state index in [1.165, 1.54) is 0 Å². The summed E-state index contributed by atoms with van der Waals surface area (Å²) in [5.74, 6) is 0.0855. The van der Waals surface area contributed by atoms with Crippen molar-refractivity contribution in [2.75, 3.05) is 11.9 Å². The molecular weight excluding hydrogens is 274 g/mol. The fraction of sp³-hybridized carbons (Fsp3) is 0.400. The number of benzene rings is 1. The summed E-state index contributed by atoms with van der Waals surface area (Å²) in [5, 5.41) is 7.51. The third kappa shape index (κ3) is 2.53. The van der Waals surface area contributed by atoms with Gasteiger partial charge >= 0.3 is 0 Å². The number of amides is 1. The Morgan fingerprint density at radius 2 is 2.25 bits per heavy atom. The fourth-order valence-corrected chi connectivity index (χ4v) is 2.84. The third-order valence-corrected chi connectivity index (χ3v) is 4.09. The van der Waals surface area contributed by atoms with Gasteiger partial charge in [0, 0.05) is 22.8 Å². The van der Waals surface area contributed by atoms with Crippen LogP contribution in [0.1, 0.15) is 26.2 Å². The Labute approximate surface area is 124 Å². The van der Waals surface area contributed by atoms with Gasteiger partial charge in [0.25, 0.3) is 0 Å². The normalized spacial score (nSPS) is 21.6. The molecule has 1 aliphatic rings. The summed E-state index contributed by atoms with van der Waals surface area (Å²) < 4.78 is 0. The van der Waals surface area contributed by atoms with Crippen LogP contribution in [0.2, 0.25) is 0 Å². The van der Waals surface area contributed by atoms with Crippen LogP contribution in [0.25, 0.3) is 10.9 Å². The van der Waals surface area contributed by atoms with Crippen LogP contribution >= 0.6 is 12.4 Å². The molecule has 1 saturated heterocycles. The van der Waals surface area contributed by atoms with Gasteiger partial charge in [0.15, 0.2) is 0 Å². The number of fused-ring (bicyclic) bond motifs is 1. The molecule has 4 nitrogen and oxygen atoms in total. The molecule has 1 aromatic carbocycles. The average molecular weight is 294 g/mol. The number of carbonyl (C=O) groups excluding carboxylic acids is 1. The average Bonchev–Trinajstić information content (AvgIpc) is 3.07. The lowest BCUT2D eigenvalue weighted by atomic mass is 9.93. The topological polar surface area (TPSA) is 56.9 Å². The highest BCUT2D eigenvalue weighted by Crippen LogP contribution is 2.25. The molecule has 1 aromatic heterocycles. The van der Waals surface area contributed by atoms with Crippen LogP contribution in [0.5, 0.6) is 0 Å². The molecule has 0 bridgehead atoms. The smallest absolute Gasteiger partial charge is 0.244 e. The van der Waals surface area contributed by atoms with Gasteiger partial charge in [-0.15, -0.1) is 12.4 Å². The highest BCUT2D eigenvalue weighted by Gasteiger charge is 2.38.